The second kappa shape index (κ2) is 4.79. The first kappa shape index (κ1) is 11.5. The second-order valence-corrected chi connectivity index (χ2v) is 3.08. The molecule has 1 aromatic heterocycles. The first-order valence-corrected chi connectivity index (χ1v) is 4.57. The fourth-order valence-electron chi connectivity index (χ4n) is 0.946. The number of hydrogen-bond acceptors (Lipinski definition) is 4. The summed E-state index contributed by atoms with van der Waals surface area (Å²) in [6, 6.07) is 0. The Labute approximate surface area is 89.4 Å². The zero-order valence-electron chi connectivity index (χ0n) is 7.95. The molecular formula is C8H9ClN2O4. The Morgan fingerprint density at radius 2 is 2.27 bits per heavy atom. The Morgan fingerprint density at radius 3 is 2.87 bits per heavy atom. The quantitative estimate of drug-likeness (QED) is 0.729. The predicted octanol–water partition coefficient (Wildman–Crippen LogP) is -0.247. The van der Waals surface area contributed by atoms with Gasteiger partial charge in [0.1, 0.15) is 11.6 Å². The molecule has 0 atom stereocenters. The molecule has 1 rings (SSSR count). The molecule has 1 heterocycles. The molecule has 82 valence electrons. The van der Waals surface area contributed by atoms with E-state index >= 15 is 0 Å². The lowest BCUT2D eigenvalue weighted by Gasteiger charge is -2.04. The van der Waals surface area contributed by atoms with E-state index in [2.05, 4.69) is 4.74 Å². The van der Waals surface area contributed by atoms with Crippen LogP contribution in [-0.4, -0.2) is 22.1 Å². The van der Waals surface area contributed by atoms with Crippen molar-refractivity contribution in [1.82, 2.24) is 9.55 Å². The van der Waals surface area contributed by atoms with Crippen molar-refractivity contribution in [1.29, 1.82) is 0 Å². The number of H-pyrrole nitrogens is 1. The van der Waals surface area contributed by atoms with E-state index in [-0.39, 0.29) is 18.2 Å². The third-order valence-electron chi connectivity index (χ3n) is 1.57. The van der Waals surface area contributed by atoms with Crippen molar-refractivity contribution in [3.63, 3.8) is 0 Å². The molecule has 0 unspecified atom stereocenters. The third-order valence-corrected chi connectivity index (χ3v) is 1.84. The lowest BCUT2D eigenvalue weighted by molar-refractivity contribution is -0.143. The van der Waals surface area contributed by atoms with Crippen LogP contribution in [0.1, 0.15) is 6.92 Å². The third kappa shape index (κ3) is 2.95. The Hall–Kier alpha value is -1.56. The van der Waals surface area contributed by atoms with Gasteiger partial charge in [0, 0.05) is 6.20 Å². The maximum atomic E-state index is 11.2. The summed E-state index contributed by atoms with van der Waals surface area (Å²) >= 11 is 5.49. The molecule has 0 aliphatic carbocycles. The van der Waals surface area contributed by atoms with Crippen molar-refractivity contribution in [3.8, 4) is 0 Å². The Balaban J connectivity index is 2.96. The molecule has 6 nitrogen and oxygen atoms in total. The van der Waals surface area contributed by atoms with Crippen LogP contribution < -0.4 is 11.2 Å². The molecule has 0 amide bonds. The van der Waals surface area contributed by atoms with Crippen molar-refractivity contribution >= 4 is 17.6 Å². The summed E-state index contributed by atoms with van der Waals surface area (Å²) in [6.07, 6.45) is 1.10. The van der Waals surface area contributed by atoms with Gasteiger partial charge in [-0.25, -0.2) is 4.79 Å². The van der Waals surface area contributed by atoms with Gasteiger partial charge >= 0.3 is 11.7 Å². The van der Waals surface area contributed by atoms with E-state index in [1.165, 1.54) is 0 Å². The standard InChI is InChI=1S/C8H9ClN2O4/c1-2-15-6(12)4-11-3-5(9)7(13)10-8(11)14/h3H,2,4H2,1H3,(H,10,13,14). The molecule has 0 saturated carbocycles. The fraction of sp³-hybridized carbons (Fsp3) is 0.375. The van der Waals surface area contributed by atoms with Crippen LogP contribution in [0.5, 0.6) is 0 Å². The number of nitrogens with one attached hydrogen (secondary N) is 1. The summed E-state index contributed by atoms with van der Waals surface area (Å²) in [4.78, 5) is 35.1. The molecule has 0 saturated heterocycles. The fourth-order valence-corrected chi connectivity index (χ4v) is 1.11. The smallest absolute Gasteiger partial charge is 0.328 e. The highest BCUT2D eigenvalue weighted by atomic mass is 35.5. The average molecular weight is 233 g/mol. The Morgan fingerprint density at radius 1 is 1.60 bits per heavy atom. The maximum absolute atomic E-state index is 11.2. The van der Waals surface area contributed by atoms with Gasteiger partial charge in [-0.2, -0.15) is 0 Å². The summed E-state index contributed by atoms with van der Waals surface area (Å²) in [7, 11) is 0. The number of esters is 1. The Kier molecular flexibility index (Phi) is 3.68. The minimum absolute atomic E-state index is 0.154. The number of aromatic amines is 1. The van der Waals surface area contributed by atoms with Crippen LogP contribution in [0.15, 0.2) is 15.8 Å². The lowest BCUT2D eigenvalue weighted by Crippen LogP contribution is -2.32. The summed E-state index contributed by atoms with van der Waals surface area (Å²) < 4.78 is 5.61. The number of halogens is 1. The van der Waals surface area contributed by atoms with Crippen molar-refractivity contribution in [2.45, 2.75) is 13.5 Å². The number of ether oxygens (including phenoxy) is 1. The zero-order chi connectivity index (χ0) is 11.4. The zero-order valence-corrected chi connectivity index (χ0v) is 8.71. The van der Waals surface area contributed by atoms with Crippen LogP contribution in [0.2, 0.25) is 5.02 Å². The average Bonchev–Trinajstić information content (AvgIpc) is 2.14. The van der Waals surface area contributed by atoms with Gasteiger partial charge in [0.2, 0.25) is 0 Å². The lowest BCUT2D eigenvalue weighted by atomic mass is 10.5. The summed E-state index contributed by atoms with van der Waals surface area (Å²) in [5.74, 6) is -0.567. The van der Waals surface area contributed by atoms with Gasteiger partial charge in [-0.05, 0) is 6.92 Å². The largest absolute Gasteiger partial charge is 0.465 e. The first-order valence-electron chi connectivity index (χ1n) is 4.19. The summed E-state index contributed by atoms with van der Waals surface area (Å²) in [5, 5.41) is -0.154. The van der Waals surface area contributed by atoms with E-state index in [1.807, 2.05) is 4.98 Å². The highest BCUT2D eigenvalue weighted by Gasteiger charge is 2.07. The van der Waals surface area contributed by atoms with Crippen LogP contribution >= 0.6 is 11.6 Å². The van der Waals surface area contributed by atoms with E-state index < -0.39 is 17.2 Å². The summed E-state index contributed by atoms with van der Waals surface area (Å²) in [5.41, 5.74) is -1.38. The number of rotatable bonds is 3. The van der Waals surface area contributed by atoms with Gasteiger partial charge in [0.05, 0.1) is 6.61 Å². The minimum Gasteiger partial charge on any atom is -0.465 e. The molecule has 0 aromatic carbocycles. The molecule has 0 spiro atoms. The van der Waals surface area contributed by atoms with E-state index in [1.54, 1.807) is 6.92 Å². The van der Waals surface area contributed by atoms with Crippen molar-refractivity contribution in [2.75, 3.05) is 6.61 Å². The van der Waals surface area contributed by atoms with Gasteiger partial charge in [0.15, 0.2) is 0 Å². The molecule has 15 heavy (non-hydrogen) atoms. The normalized spacial score (nSPS) is 10.0. The number of nitrogens with zero attached hydrogens (tertiary/aromatic N) is 1. The van der Waals surface area contributed by atoms with Crippen LogP contribution in [0.25, 0.3) is 0 Å². The molecule has 1 N–H and O–H groups in total. The van der Waals surface area contributed by atoms with Crippen LogP contribution in [0, 0.1) is 0 Å². The van der Waals surface area contributed by atoms with Crippen LogP contribution in [0.4, 0.5) is 0 Å². The van der Waals surface area contributed by atoms with E-state index in [0.29, 0.717) is 0 Å². The van der Waals surface area contributed by atoms with Crippen molar-refractivity contribution in [3.05, 3.63) is 32.1 Å². The van der Waals surface area contributed by atoms with E-state index in [9.17, 15) is 14.4 Å². The summed E-state index contributed by atoms with van der Waals surface area (Å²) in [6.45, 7) is 1.61. The Bertz CT molecular complexity index is 476. The SMILES string of the molecule is CCOC(=O)Cn1cc(Cl)c(=O)[nH]c1=O. The number of aromatic nitrogens is 2. The van der Waals surface area contributed by atoms with Gasteiger partial charge in [0.25, 0.3) is 5.56 Å². The molecule has 0 bridgehead atoms. The topological polar surface area (TPSA) is 81.2 Å². The van der Waals surface area contributed by atoms with Gasteiger partial charge in [-0.15, -0.1) is 0 Å². The number of carbonyl (C=O) groups is 1. The second-order valence-electron chi connectivity index (χ2n) is 2.67. The monoisotopic (exact) mass is 232 g/mol. The predicted molar refractivity (Wildman–Crippen MR) is 53.0 cm³/mol. The number of hydrogen-bond donors (Lipinski definition) is 1. The molecule has 0 radical (unpaired) electrons. The molecule has 1 aromatic rings. The van der Waals surface area contributed by atoms with Crippen molar-refractivity contribution < 1.29 is 9.53 Å². The minimum atomic E-state index is -0.697. The highest BCUT2D eigenvalue weighted by Crippen LogP contribution is 1.95. The van der Waals surface area contributed by atoms with Gasteiger partial charge < -0.3 is 4.74 Å². The van der Waals surface area contributed by atoms with Crippen LogP contribution in [0.3, 0.4) is 0 Å². The molecule has 0 aliphatic heterocycles. The highest BCUT2D eigenvalue weighted by molar-refractivity contribution is 6.30. The van der Waals surface area contributed by atoms with Gasteiger partial charge in [-0.3, -0.25) is 19.1 Å². The van der Waals surface area contributed by atoms with Crippen molar-refractivity contribution in [2.24, 2.45) is 0 Å². The molecule has 0 fully saturated rings. The first-order chi connectivity index (χ1) is 7.04. The molecule has 0 aliphatic rings. The maximum Gasteiger partial charge on any atom is 0.328 e. The number of carbonyl (C=O) groups excluding carboxylic acids is 1. The molecule has 7 heteroatoms. The van der Waals surface area contributed by atoms with E-state index in [4.69, 9.17) is 11.6 Å². The molecular weight excluding hydrogens is 224 g/mol. The van der Waals surface area contributed by atoms with E-state index in [0.717, 1.165) is 10.8 Å². The van der Waals surface area contributed by atoms with Gasteiger partial charge in [-0.1, -0.05) is 11.6 Å². The van der Waals surface area contributed by atoms with Crippen LogP contribution in [-0.2, 0) is 16.1 Å².